The molecule has 1 N–H and O–H groups in total. The molecule has 2 aromatic rings. The molecule has 2 unspecified atom stereocenters. The summed E-state index contributed by atoms with van der Waals surface area (Å²) < 4.78 is 82.0. The first-order valence-electron chi connectivity index (χ1n) is 8.97. The summed E-state index contributed by atoms with van der Waals surface area (Å²) in [7, 11) is -3.87. The predicted molar refractivity (Wildman–Crippen MR) is 106 cm³/mol. The number of hydrogen-bond donors (Lipinski definition) is 1. The van der Waals surface area contributed by atoms with Crippen LogP contribution in [0.2, 0.25) is 0 Å². The fourth-order valence-electron chi connectivity index (χ4n) is 2.55. The van der Waals surface area contributed by atoms with Crippen molar-refractivity contribution < 1.29 is 35.9 Å². The molecule has 30 heavy (non-hydrogen) atoms. The van der Waals surface area contributed by atoms with Crippen molar-refractivity contribution in [2.45, 2.75) is 31.4 Å². The quantitative estimate of drug-likeness (QED) is 0.225. The van der Waals surface area contributed by atoms with Crippen molar-refractivity contribution in [1.82, 2.24) is 0 Å². The van der Waals surface area contributed by atoms with Crippen molar-refractivity contribution >= 4 is 24.9 Å². The zero-order valence-corrected chi connectivity index (χ0v) is 17.8. The number of ether oxygens (including phenoxy) is 1. The molecule has 11 heteroatoms. The number of benzene rings is 2. The van der Waals surface area contributed by atoms with Gasteiger partial charge in [-0.05, 0) is 44.2 Å². The summed E-state index contributed by atoms with van der Waals surface area (Å²) in [4.78, 5) is 0. The van der Waals surface area contributed by atoms with E-state index in [4.69, 9.17) is 20.6 Å². The highest BCUT2D eigenvalue weighted by Gasteiger charge is 2.42. The first-order chi connectivity index (χ1) is 14.1. The molecule has 0 radical (unpaired) electrons. The Morgan fingerprint density at radius 2 is 1.63 bits per heavy atom. The Labute approximate surface area is 176 Å². The van der Waals surface area contributed by atoms with Crippen molar-refractivity contribution in [2.24, 2.45) is 0 Å². The van der Waals surface area contributed by atoms with Crippen molar-refractivity contribution in [2.75, 3.05) is 18.5 Å². The second kappa shape index (κ2) is 10.5. The van der Waals surface area contributed by atoms with E-state index >= 15 is 0 Å². The second-order valence-electron chi connectivity index (χ2n) is 5.93. The summed E-state index contributed by atoms with van der Waals surface area (Å²) in [6, 6.07) is 10.5. The molecule has 2 atom stereocenters. The normalized spacial score (nSPS) is 14.2. The van der Waals surface area contributed by atoms with Gasteiger partial charge in [-0.25, -0.2) is 8.78 Å². The lowest BCUT2D eigenvalue weighted by Gasteiger charge is -2.28. The van der Waals surface area contributed by atoms with E-state index in [0.717, 1.165) is 12.1 Å². The van der Waals surface area contributed by atoms with Crippen LogP contribution >= 0.6 is 19.2 Å². The van der Waals surface area contributed by atoms with Gasteiger partial charge in [-0.15, -0.1) is 0 Å². The van der Waals surface area contributed by atoms with E-state index in [1.165, 1.54) is 30.3 Å². The number of nitrogens with one attached hydrogen (secondary N) is 1. The van der Waals surface area contributed by atoms with Crippen LogP contribution in [-0.4, -0.2) is 25.0 Å². The van der Waals surface area contributed by atoms with E-state index < -0.39 is 30.9 Å². The first-order valence-corrected chi connectivity index (χ1v) is 11.0. The molecule has 2 aromatic carbocycles. The number of halogens is 5. The minimum absolute atomic E-state index is 0.0389. The van der Waals surface area contributed by atoms with Crippen LogP contribution in [0.25, 0.3) is 0 Å². The van der Waals surface area contributed by atoms with E-state index in [1.807, 2.05) is 0 Å². The highest BCUT2D eigenvalue weighted by molar-refractivity contribution is 7.54. The van der Waals surface area contributed by atoms with Crippen LogP contribution in [0, 0.1) is 5.82 Å². The molecule has 0 heterocycles. The van der Waals surface area contributed by atoms with Gasteiger partial charge < -0.3 is 19.1 Å². The van der Waals surface area contributed by atoms with Gasteiger partial charge >= 0.3 is 13.7 Å². The molecule has 0 spiro atoms. The monoisotopic (exact) mass is 469 g/mol. The van der Waals surface area contributed by atoms with E-state index in [0.29, 0.717) is 0 Å². The number of rotatable bonds is 11. The Balaban J connectivity index is 2.35. The maximum atomic E-state index is 14.5. The average molecular weight is 470 g/mol. The van der Waals surface area contributed by atoms with E-state index in [1.54, 1.807) is 19.9 Å². The standard InChI is InChI=1S/C19H21ClF4NO4P/c1-3-27-30(26,28-4-2)17(15-7-5-6-8-16(15)21)25-13-9-11-14(12-10-13)29-19(23,24)18(20)22/h5-12,17-18,25H,3-4H2,1-2H3. The molecule has 0 aliphatic rings. The molecule has 0 bridgehead atoms. The fraction of sp³-hybridized carbons (Fsp3) is 0.368. The summed E-state index contributed by atoms with van der Waals surface area (Å²) in [5.74, 6) is -2.20. The van der Waals surface area contributed by atoms with Gasteiger partial charge in [0.25, 0.3) is 5.63 Å². The molecule has 0 aromatic heterocycles. The molecule has 0 fully saturated rings. The van der Waals surface area contributed by atoms with E-state index in [-0.39, 0.29) is 30.2 Å². The van der Waals surface area contributed by atoms with Crippen LogP contribution in [-0.2, 0) is 13.6 Å². The van der Waals surface area contributed by atoms with Gasteiger partial charge in [0.15, 0.2) is 5.78 Å². The SMILES string of the molecule is CCOP(=O)(OCC)C(Nc1ccc(OC(F)(F)C(F)Cl)cc1)c1ccccc1F. The van der Waals surface area contributed by atoms with Crippen molar-refractivity contribution in [3.8, 4) is 5.75 Å². The van der Waals surface area contributed by atoms with Crippen LogP contribution in [0.15, 0.2) is 48.5 Å². The van der Waals surface area contributed by atoms with Gasteiger partial charge in [0.2, 0.25) is 0 Å². The van der Waals surface area contributed by atoms with Crippen molar-refractivity contribution in [1.29, 1.82) is 0 Å². The maximum Gasteiger partial charge on any atom is 0.444 e. The number of alkyl halides is 4. The number of anilines is 1. The summed E-state index contributed by atoms with van der Waals surface area (Å²) in [5.41, 5.74) is -2.71. The van der Waals surface area contributed by atoms with Gasteiger partial charge in [-0.3, -0.25) is 4.57 Å². The Hall–Kier alpha value is -1.80. The third kappa shape index (κ3) is 6.11. The topological polar surface area (TPSA) is 56.8 Å². The Bertz CT molecular complexity index is 860. The van der Waals surface area contributed by atoms with E-state index in [9.17, 15) is 22.1 Å². The molecule has 5 nitrogen and oxygen atoms in total. The molecule has 0 saturated heterocycles. The Morgan fingerprint density at radius 3 is 2.13 bits per heavy atom. The Morgan fingerprint density at radius 1 is 1.07 bits per heavy atom. The predicted octanol–water partition coefficient (Wildman–Crippen LogP) is 6.71. The maximum absolute atomic E-state index is 14.5. The smallest absolute Gasteiger partial charge is 0.429 e. The van der Waals surface area contributed by atoms with Crippen molar-refractivity contribution in [3.05, 3.63) is 59.9 Å². The van der Waals surface area contributed by atoms with E-state index in [2.05, 4.69) is 10.1 Å². The highest BCUT2D eigenvalue weighted by Crippen LogP contribution is 2.61. The minimum Gasteiger partial charge on any atom is -0.429 e. The largest absolute Gasteiger partial charge is 0.444 e. The molecule has 0 amide bonds. The zero-order valence-electron chi connectivity index (χ0n) is 16.2. The van der Waals surface area contributed by atoms with Gasteiger partial charge in [-0.1, -0.05) is 29.8 Å². The lowest BCUT2D eigenvalue weighted by Crippen LogP contribution is -2.32. The van der Waals surface area contributed by atoms with Crippen LogP contribution < -0.4 is 10.1 Å². The first kappa shape index (κ1) is 24.5. The minimum atomic E-state index is -4.22. The summed E-state index contributed by atoms with van der Waals surface area (Å²) in [6.07, 6.45) is -4.22. The molecular weight excluding hydrogens is 449 g/mol. The van der Waals surface area contributed by atoms with Crippen molar-refractivity contribution in [3.63, 3.8) is 0 Å². The van der Waals surface area contributed by atoms with Crippen LogP contribution in [0.4, 0.5) is 23.2 Å². The summed E-state index contributed by atoms with van der Waals surface area (Å²) in [5, 5.41) is 2.86. The summed E-state index contributed by atoms with van der Waals surface area (Å²) in [6.45, 7) is 3.33. The third-order valence-corrected chi connectivity index (χ3v) is 6.33. The molecule has 2 rings (SSSR count). The van der Waals surface area contributed by atoms with Gasteiger partial charge in [0.1, 0.15) is 11.6 Å². The van der Waals surface area contributed by atoms with Gasteiger partial charge in [-0.2, -0.15) is 8.78 Å². The lowest BCUT2D eigenvalue weighted by atomic mass is 10.2. The van der Waals surface area contributed by atoms with Gasteiger partial charge in [0, 0.05) is 11.3 Å². The second-order valence-corrected chi connectivity index (χ2v) is 8.43. The molecule has 0 aliphatic carbocycles. The average Bonchev–Trinajstić information content (AvgIpc) is 2.68. The van der Waals surface area contributed by atoms with Crippen LogP contribution in [0.3, 0.4) is 0 Å². The highest BCUT2D eigenvalue weighted by atomic mass is 35.5. The lowest BCUT2D eigenvalue weighted by molar-refractivity contribution is -0.199. The third-order valence-electron chi connectivity index (χ3n) is 3.80. The Kier molecular flexibility index (Phi) is 8.55. The zero-order chi connectivity index (χ0) is 22.4. The molecule has 0 aliphatic heterocycles. The van der Waals surface area contributed by atoms with Crippen LogP contribution in [0.1, 0.15) is 25.2 Å². The van der Waals surface area contributed by atoms with Gasteiger partial charge in [0.05, 0.1) is 13.2 Å². The fourth-order valence-corrected chi connectivity index (χ4v) is 4.54. The number of hydrogen-bond acceptors (Lipinski definition) is 5. The molecular formula is C19H21ClF4NO4P. The molecule has 0 saturated carbocycles. The summed E-state index contributed by atoms with van der Waals surface area (Å²) >= 11 is 4.76. The van der Waals surface area contributed by atoms with Crippen LogP contribution in [0.5, 0.6) is 5.75 Å². The molecule has 166 valence electrons.